The Balaban J connectivity index is 1.71. The minimum Gasteiger partial charge on any atom is -0.338 e. The van der Waals surface area contributed by atoms with Crippen LogP contribution in [0.15, 0.2) is 40.2 Å². The van der Waals surface area contributed by atoms with E-state index >= 15 is 0 Å². The van der Waals surface area contributed by atoms with Crippen LogP contribution in [0.5, 0.6) is 0 Å². The van der Waals surface area contributed by atoms with Crippen molar-refractivity contribution in [3.63, 3.8) is 0 Å². The molecule has 2 aromatic heterocycles. The van der Waals surface area contributed by atoms with E-state index in [0.717, 1.165) is 10.9 Å². The molecule has 0 radical (unpaired) electrons. The second-order valence-corrected chi connectivity index (χ2v) is 6.20. The standard InChI is InChI=1S/C16H15F2N3OS/c1-10(11-5-6-12(17)13(18)8-11)21(2)9-15-19-16(20-22-15)14-4-3-7-23-14/h3-8,10H,9H2,1-2H3/t10-/m0/s1. The van der Waals surface area contributed by atoms with Gasteiger partial charge in [-0.1, -0.05) is 17.3 Å². The topological polar surface area (TPSA) is 42.2 Å². The van der Waals surface area contributed by atoms with Crippen LogP contribution in [0.4, 0.5) is 8.78 Å². The zero-order valence-corrected chi connectivity index (χ0v) is 13.5. The number of benzene rings is 1. The van der Waals surface area contributed by atoms with Gasteiger partial charge in [-0.05, 0) is 43.1 Å². The van der Waals surface area contributed by atoms with Crippen molar-refractivity contribution in [1.82, 2.24) is 15.0 Å². The molecule has 0 N–H and O–H groups in total. The minimum atomic E-state index is -0.847. The molecule has 0 saturated heterocycles. The Morgan fingerprint density at radius 2 is 2.09 bits per heavy atom. The van der Waals surface area contributed by atoms with Gasteiger partial charge < -0.3 is 4.52 Å². The molecule has 0 spiro atoms. The molecule has 0 aliphatic carbocycles. The highest BCUT2D eigenvalue weighted by Gasteiger charge is 2.17. The summed E-state index contributed by atoms with van der Waals surface area (Å²) in [5.41, 5.74) is 0.685. The first kappa shape index (κ1) is 15.8. The third-order valence-electron chi connectivity index (χ3n) is 3.68. The van der Waals surface area contributed by atoms with E-state index in [4.69, 9.17) is 4.52 Å². The first-order chi connectivity index (χ1) is 11.0. The summed E-state index contributed by atoms with van der Waals surface area (Å²) in [5.74, 6) is -0.657. The lowest BCUT2D eigenvalue weighted by molar-refractivity contribution is 0.216. The van der Waals surface area contributed by atoms with Crippen molar-refractivity contribution in [2.75, 3.05) is 7.05 Å². The molecule has 7 heteroatoms. The first-order valence-corrected chi connectivity index (χ1v) is 7.94. The van der Waals surface area contributed by atoms with Gasteiger partial charge in [-0.25, -0.2) is 8.78 Å². The lowest BCUT2D eigenvalue weighted by Gasteiger charge is -2.23. The number of halogens is 2. The van der Waals surface area contributed by atoms with Crippen LogP contribution < -0.4 is 0 Å². The fraction of sp³-hybridized carbons (Fsp3) is 0.250. The minimum absolute atomic E-state index is 0.123. The Kier molecular flexibility index (Phi) is 4.49. The van der Waals surface area contributed by atoms with Gasteiger partial charge in [-0.15, -0.1) is 11.3 Å². The Labute approximate surface area is 136 Å². The Bertz CT molecular complexity index is 788. The van der Waals surface area contributed by atoms with Gasteiger partial charge in [0.25, 0.3) is 0 Å². The maximum absolute atomic E-state index is 13.4. The molecule has 4 nitrogen and oxygen atoms in total. The van der Waals surface area contributed by atoms with Crippen LogP contribution in [-0.2, 0) is 6.54 Å². The summed E-state index contributed by atoms with van der Waals surface area (Å²) in [6.07, 6.45) is 0. The predicted molar refractivity (Wildman–Crippen MR) is 83.9 cm³/mol. The molecule has 0 aliphatic heterocycles. The van der Waals surface area contributed by atoms with Crippen LogP contribution >= 0.6 is 11.3 Å². The Morgan fingerprint density at radius 1 is 1.26 bits per heavy atom. The monoisotopic (exact) mass is 335 g/mol. The average Bonchev–Trinajstić information content (AvgIpc) is 3.20. The number of hydrogen-bond donors (Lipinski definition) is 0. The predicted octanol–water partition coefficient (Wildman–Crippen LogP) is 4.27. The van der Waals surface area contributed by atoms with Gasteiger partial charge in [0.1, 0.15) is 0 Å². The van der Waals surface area contributed by atoms with E-state index in [2.05, 4.69) is 10.1 Å². The zero-order valence-electron chi connectivity index (χ0n) is 12.7. The van der Waals surface area contributed by atoms with Crippen LogP contribution in [0.1, 0.15) is 24.4 Å². The maximum atomic E-state index is 13.4. The molecule has 0 bridgehead atoms. The first-order valence-electron chi connectivity index (χ1n) is 7.06. The second-order valence-electron chi connectivity index (χ2n) is 5.25. The van der Waals surface area contributed by atoms with Crippen LogP contribution in [0.2, 0.25) is 0 Å². The third kappa shape index (κ3) is 3.46. The smallest absolute Gasteiger partial charge is 0.241 e. The molecule has 3 aromatic rings. The van der Waals surface area contributed by atoms with Gasteiger partial charge in [0.2, 0.25) is 11.7 Å². The summed E-state index contributed by atoms with van der Waals surface area (Å²) in [5, 5.41) is 5.90. The molecule has 0 unspecified atom stereocenters. The molecule has 120 valence electrons. The molecular weight excluding hydrogens is 320 g/mol. The fourth-order valence-corrected chi connectivity index (χ4v) is 2.85. The summed E-state index contributed by atoms with van der Waals surface area (Å²) in [6.45, 7) is 2.32. The number of rotatable bonds is 5. The molecule has 1 aromatic carbocycles. The molecule has 23 heavy (non-hydrogen) atoms. The van der Waals surface area contributed by atoms with E-state index in [-0.39, 0.29) is 6.04 Å². The van der Waals surface area contributed by atoms with Crippen LogP contribution in [0.3, 0.4) is 0 Å². The highest BCUT2D eigenvalue weighted by molar-refractivity contribution is 7.13. The summed E-state index contributed by atoms with van der Waals surface area (Å²) in [6, 6.07) is 7.64. The molecule has 0 fully saturated rings. The summed E-state index contributed by atoms with van der Waals surface area (Å²) >= 11 is 1.54. The van der Waals surface area contributed by atoms with E-state index in [9.17, 15) is 8.78 Å². The molecule has 2 heterocycles. The van der Waals surface area contributed by atoms with Crippen molar-refractivity contribution < 1.29 is 13.3 Å². The van der Waals surface area contributed by atoms with Crippen molar-refractivity contribution in [3.05, 3.63) is 58.8 Å². The number of nitrogens with zero attached hydrogens (tertiary/aromatic N) is 3. The summed E-state index contributed by atoms with van der Waals surface area (Å²) < 4.78 is 31.6. The van der Waals surface area contributed by atoms with Crippen LogP contribution in [0.25, 0.3) is 10.7 Å². The lowest BCUT2D eigenvalue weighted by Crippen LogP contribution is -2.22. The van der Waals surface area contributed by atoms with Gasteiger partial charge in [0.05, 0.1) is 11.4 Å². The van der Waals surface area contributed by atoms with E-state index in [1.54, 1.807) is 6.07 Å². The van der Waals surface area contributed by atoms with Gasteiger partial charge in [0.15, 0.2) is 11.6 Å². The lowest BCUT2D eigenvalue weighted by atomic mass is 10.1. The number of aromatic nitrogens is 2. The second kappa shape index (κ2) is 6.55. The normalized spacial score (nSPS) is 12.7. The fourth-order valence-electron chi connectivity index (χ4n) is 2.20. The molecule has 0 saturated carbocycles. The van der Waals surface area contributed by atoms with E-state index in [1.165, 1.54) is 17.4 Å². The van der Waals surface area contributed by atoms with Crippen molar-refractivity contribution >= 4 is 11.3 Å². The Hall–Kier alpha value is -2.12. The third-order valence-corrected chi connectivity index (χ3v) is 4.55. The number of hydrogen-bond acceptors (Lipinski definition) is 5. The molecular formula is C16H15F2N3OS. The van der Waals surface area contributed by atoms with Crippen LogP contribution in [-0.4, -0.2) is 22.1 Å². The summed E-state index contributed by atoms with van der Waals surface area (Å²) in [7, 11) is 1.86. The van der Waals surface area contributed by atoms with Gasteiger partial charge >= 0.3 is 0 Å². The van der Waals surface area contributed by atoms with Crippen LogP contribution in [0, 0.1) is 11.6 Å². The summed E-state index contributed by atoms with van der Waals surface area (Å²) in [4.78, 5) is 7.23. The molecule has 0 amide bonds. The van der Waals surface area contributed by atoms with Crippen molar-refractivity contribution in [2.45, 2.75) is 19.5 Å². The highest BCUT2D eigenvalue weighted by atomic mass is 32.1. The maximum Gasteiger partial charge on any atom is 0.241 e. The largest absolute Gasteiger partial charge is 0.338 e. The zero-order chi connectivity index (χ0) is 16.4. The van der Waals surface area contributed by atoms with Gasteiger partial charge in [-0.3, -0.25) is 4.90 Å². The Morgan fingerprint density at radius 3 is 2.78 bits per heavy atom. The van der Waals surface area contributed by atoms with Crippen molar-refractivity contribution in [1.29, 1.82) is 0 Å². The molecule has 3 rings (SSSR count). The quantitative estimate of drug-likeness (QED) is 0.698. The highest BCUT2D eigenvalue weighted by Crippen LogP contribution is 2.24. The van der Waals surface area contributed by atoms with Gasteiger partial charge in [0, 0.05) is 6.04 Å². The van der Waals surface area contributed by atoms with Gasteiger partial charge in [-0.2, -0.15) is 4.98 Å². The SMILES string of the molecule is C[C@@H](c1ccc(F)c(F)c1)N(C)Cc1nc(-c2cccs2)no1. The van der Waals surface area contributed by atoms with E-state index < -0.39 is 11.6 Å². The number of thiophene rings is 1. The van der Waals surface area contributed by atoms with E-state index in [0.29, 0.717) is 23.8 Å². The van der Waals surface area contributed by atoms with Crippen molar-refractivity contribution in [3.8, 4) is 10.7 Å². The average molecular weight is 335 g/mol. The van der Waals surface area contributed by atoms with E-state index in [1.807, 2.05) is 36.4 Å². The molecule has 1 atom stereocenters. The molecule has 0 aliphatic rings. The van der Waals surface area contributed by atoms with Crippen molar-refractivity contribution in [2.24, 2.45) is 0 Å².